The maximum Gasteiger partial charge on any atom is 0.248 e. The number of rotatable bonds is 5. The number of amides is 1. The standard InChI is InChI=1S/C12H19N3O3S/c1-17-7-11(16)15-5-3-9(4-6-15)12-13-10(8-19-2)14-18-12/h9H,3-8H2,1-2H3. The van der Waals surface area contributed by atoms with Crippen molar-refractivity contribution >= 4 is 17.7 Å². The van der Waals surface area contributed by atoms with Gasteiger partial charge in [-0.2, -0.15) is 16.7 Å². The summed E-state index contributed by atoms with van der Waals surface area (Å²) in [5.41, 5.74) is 0. The lowest BCUT2D eigenvalue weighted by Crippen LogP contribution is -2.39. The van der Waals surface area contributed by atoms with E-state index in [0.717, 1.165) is 37.5 Å². The van der Waals surface area contributed by atoms with Crippen molar-refractivity contribution in [2.45, 2.75) is 24.5 Å². The van der Waals surface area contributed by atoms with Gasteiger partial charge in [-0.15, -0.1) is 0 Å². The number of hydrogen-bond donors (Lipinski definition) is 0. The van der Waals surface area contributed by atoms with E-state index in [1.54, 1.807) is 11.8 Å². The van der Waals surface area contributed by atoms with Gasteiger partial charge in [-0.05, 0) is 19.1 Å². The summed E-state index contributed by atoms with van der Waals surface area (Å²) in [6.45, 7) is 1.61. The zero-order chi connectivity index (χ0) is 13.7. The van der Waals surface area contributed by atoms with Crippen LogP contribution in [0.2, 0.25) is 0 Å². The maximum atomic E-state index is 11.7. The molecule has 0 atom stereocenters. The van der Waals surface area contributed by atoms with Crippen LogP contribution in [-0.4, -0.2) is 54.0 Å². The van der Waals surface area contributed by atoms with Gasteiger partial charge in [0.2, 0.25) is 11.8 Å². The Bertz CT molecular complexity index is 416. The van der Waals surface area contributed by atoms with E-state index < -0.39 is 0 Å². The van der Waals surface area contributed by atoms with Crippen molar-refractivity contribution in [1.82, 2.24) is 15.0 Å². The molecular weight excluding hydrogens is 266 g/mol. The maximum absolute atomic E-state index is 11.7. The summed E-state index contributed by atoms with van der Waals surface area (Å²) in [6.07, 6.45) is 3.75. The first-order valence-corrected chi connectivity index (χ1v) is 7.72. The molecule has 0 aliphatic carbocycles. The lowest BCUT2D eigenvalue weighted by molar-refractivity contribution is -0.136. The van der Waals surface area contributed by atoms with Gasteiger partial charge in [-0.1, -0.05) is 5.16 Å². The fourth-order valence-corrected chi connectivity index (χ4v) is 2.59. The second-order valence-electron chi connectivity index (χ2n) is 4.57. The predicted molar refractivity (Wildman–Crippen MR) is 71.9 cm³/mol. The average molecular weight is 285 g/mol. The molecule has 1 aliphatic rings. The summed E-state index contributed by atoms with van der Waals surface area (Å²) in [5.74, 6) is 2.56. The van der Waals surface area contributed by atoms with Crippen LogP contribution in [-0.2, 0) is 15.3 Å². The van der Waals surface area contributed by atoms with E-state index in [4.69, 9.17) is 9.26 Å². The van der Waals surface area contributed by atoms with Crippen LogP contribution in [0.5, 0.6) is 0 Å². The number of piperidine rings is 1. The summed E-state index contributed by atoms with van der Waals surface area (Å²) in [6, 6.07) is 0. The Hall–Kier alpha value is -1.08. The Labute approximate surface area is 116 Å². The van der Waals surface area contributed by atoms with Crippen molar-refractivity contribution in [2.24, 2.45) is 0 Å². The highest BCUT2D eigenvalue weighted by molar-refractivity contribution is 7.97. The third kappa shape index (κ3) is 3.70. The van der Waals surface area contributed by atoms with Crippen LogP contribution in [0.1, 0.15) is 30.5 Å². The minimum absolute atomic E-state index is 0.0505. The topological polar surface area (TPSA) is 68.5 Å². The average Bonchev–Trinajstić information content (AvgIpc) is 2.88. The number of carbonyl (C=O) groups excluding carboxylic acids is 1. The van der Waals surface area contributed by atoms with E-state index >= 15 is 0 Å². The lowest BCUT2D eigenvalue weighted by atomic mass is 9.97. The van der Waals surface area contributed by atoms with Gasteiger partial charge in [-0.3, -0.25) is 4.79 Å². The highest BCUT2D eigenvalue weighted by Crippen LogP contribution is 2.27. The highest BCUT2D eigenvalue weighted by atomic mass is 32.2. The van der Waals surface area contributed by atoms with E-state index in [2.05, 4.69) is 10.1 Å². The molecule has 0 radical (unpaired) electrons. The molecule has 0 saturated carbocycles. The molecule has 0 spiro atoms. The van der Waals surface area contributed by atoms with Crippen LogP contribution in [0.4, 0.5) is 0 Å². The molecule has 2 rings (SSSR count). The molecular formula is C12H19N3O3S. The highest BCUT2D eigenvalue weighted by Gasteiger charge is 2.27. The zero-order valence-electron chi connectivity index (χ0n) is 11.3. The van der Waals surface area contributed by atoms with Gasteiger partial charge in [0.1, 0.15) is 6.61 Å². The van der Waals surface area contributed by atoms with E-state index in [1.165, 1.54) is 7.11 Å². The second-order valence-corrected chi connectivity index (χ2v) is 5.44. The monoisotopic (exact) mass is 285 g/mol. The molecule has 0 aromatic carbocycles. The summed E-state index contributed by atoms with van der Waals surface area (Å²) >= 11 is 1.67. The molecule has 1 saturated heterocycles. The van der Waals surface area contributed by atoms with Crippen LogP contribution in [0.15, 0.2) is 4.52 Å². The van der Waals surface area contributed by atoms with Crippen LogP contribution >= 0.6 is 11.8 Å². The predicted octanol–water partition coefficient (Wildman–Crippen LogP) is 1.29. The third-order valence-corrected chi connectivity index (χ3v) is 3.77. The molecule has 0 unspecified atom stereocenters. The number of likely N-dealkylation sites (tertiary alicyclic amines) is 1. The zero-order valence-corrected chi connectivity index (χ0v) is 12.1. The van der Waals surface area contributed by atoms with Gasteiger partial charge in [-0.25, -0.2) is 0 Å². The van der Waals surface area contributed by atoms with Crippen molar-refractivity contribution < 1.29 is 14.1 Å². The smallest absolute Gasteiger partial charge is 0.248 e. The van der Waals surface area contributed by atoms with Crippen molar-refractivity contribution in [3.05, 3.63) is 11.7 Å². The fourth-order valence-electron chi connectivity index (χ4n) is 2.21. The van der Waals surface area contributed by atoms with Crippen molar-refractivity contribution in [3.8, 4) is 0 Å². The first-order valence-electron chi connectivity index (χ1n) is 6.32. The Kier molecular flexibility index (Phi) is 5.21. The van der Waals surface area contributed by atoms with Crippen molar-refractivity contribution in [3.63, 3.8) is 0 Å². The van der Waals surface area contributed by atoms with Gasteiger partial charge >= 0.3 is 0 Å². The van der Waals surface area contributed by atoms with Crippen LogP contribution in [0.25, 0.3) is 0 Å². The summed E-state index contributed by atoms with van der Waals surface area (Å²) in [5, 5.41) is 3.96. The number of thioether (sulfide) groups is 1. The molecule has 0 N–H and O–H groups in total. The Morgan fingerprint density at radius 2 is 2.26 bits per heavy atom. The SMILES string of the molecule is COCC(=O)N1CCC(c2nc(CSC)no2)CC1. The first-order chi connectivity index (χ1) is 9.24. The van der Waals surface area contributed by atoms with Crippen LogP contribution in [0.3, 0.4) is 0 Å². The molecule has 106 valence electrons. The van der Waals surface area contributed by atoms with E-state index in [0.29, 0.717) is 5.89 Å². The minimum atomic E-state index is 0.0505. The number of ether oxygens (including phenoxy) is 1. The molecule has 19 heavy (non-hydrogen) atoms. The van der Waals surface area contributed by atoms with Gasteiger partial charge in [0.05, 0.1) is 5.75 Å². The number of aromatic nitrogens is 2. The normalized spacial score (nSPS) is 16.8. The number of hydrogen-bond acceptors (Lipinski definition) is 6. The fraction of sp³-hybridized carbons (Fsp3) is 0.750. The molecule has 0 bridgehead atoms. The molecule has 1 fully saturated rings. The van der Waals surface area contributed by atoms with Crippen molar-refractivity contribution in [2.75, 3.05) is 33.1 Å². The van der Waals surface area contributed by atoms with Crippen LogP contribution < -0.4 is 0 Å². The molecule has 1 amide bonds. The quantitative estimate of drug-likeness (QED) is 0.812. The summed E-state index contributed by atoms with van der Waals surface area (Å²) in [4.78, 5) is 17.9. The molecule has 1 aliphatic heterocycles. The Morgan fingerprint density at radius 1 is 1.53 bits per heavy atom. The van der Waals surface area contributed by atoms with Gasteiger partial charge < -0.3 is 14.2 Å². The third-order valence-electron chi connectivity index (χ3n) is 3.22. The summed E-state index contributed by atoms with van der Waals surface area (Å²) in [7, 11) is 1.54. The van der Waals surface area contributed by atoms with Gasteiger partial charge in [0, 0.05) is 26.1 Å². The minimum Gasteiger partial charge on any atom is -0.375 e. The molecule has 7 heteroatoms. The largest absolute Gasteiger partial charge is 0.375 e. The number of nitrogens with zero attached hydrogens (tertiary/aromatic N) is 3. The lowest BCUT2D eigenvalue weighted by Gasteiger charge is -2.30. The second kappa shape index (κ2) is 6.91. The van der Waals surface area contributed by atoms with Crippen molar-refractivity contribution in [1.29, 1.82) is 0 Å². The molecule has 1 aromatic heterocycles. The first kappa shape index (κ1) is 14.3. The van der Waals surface area contributed by atoms with E-state index in [9.17, 15) is 4.79 Å². The van der Waals surface area contributed by atoms with Crippen LogP contribution in [0, 0.1) is 0 Å². The molecule has 1 aromatic rings. The van der Waals surface area contributed by atoms with E-state index in [1.807, 2.05) is 11.2 Å². The number of methoxy groups -OCH3 is 1. The summed E-state index contributed by atoms with van der Waals surface area (Å²) < 4.78 is 10.2. The van der Waals surface area contributed by atoms with Gasteiger partial charge in [0.25, 0.3) is 0 Å². The number of carbonyl (C=O) groups is 1. The Morgan fingerprint density at radius 3 is 2.89 bits per heavy atom. The van der Waals surface area contributed by atoms with E-state index in [-0.39, 0.29) is 18.4 Å². The Balaban J connectivity index is 1.86. The van der Waals surface area contributed by atoms with Gasteiger partial charge in [0.15, 0.2) is 5.82 Å². The molecule has 6 nitrogen and oxygen atoms in total. The molecule has 2 heterocycles.